The van der Waals surface area contributed by atoms with Crippen LogP contribution in [0.2, 0.25) is 0 Å². The maximum atomic E-state index is 12.6. The molecule has 132 valence electrons. The lowest BCUT2D eigenvalue weighted by atomic mass is 10.1. The molecule has 5 heteroatoms. The first kappa shape index (κ1) is 18.1. The summed E-state index contributed by atoms with van der Waals surface area (Å²) in [5, 5.41) is 2.92. The lowest BCUT2D eigenvalue weighted by molar-refractivity contribution is 0.102. The van der Waals surface area contributed by atoms with Crippen LogP contribution in [0.3, 0.4) is 0 Å². The number of benzene rings is 2. The second-order valence-corrected chi connectivity index (χ2v) is 7.20. The van der Waals surface area contributed by atoms with E-state index in [0.29, 0.717) is 12.1 Å². The van der Waals surface area contributed by atoms with Crippen LogP contribution in [0.15, 0.2) is 70.1 Å². The highest BCUT2D eigenvalue weighted by Crippen LogP contribution is 2.17. The molecule has 1 N–H and O–H groups in total. The van der Waals surface area contributed by atoms with Crippen molar-refractivity contribution in [3.05, 3.63) is 97.9 Å². The number of rotatable bonds is 4. The van der Waals surface area contributed by atoms with Crippen molar-refractivity contribution in [3.8, 4) is 0 Å². The minimum Gasteiger partial charge on any atom is -0.322 e. The summed E-state index contributed by atoms with van der Waals surface area (Å²) in [7, 11) is 0. The summed E-state index contributed by atoms with van der Waals surface area (Å²) < 4.78 is 2.52. The van der Waals surface area contributed by atoms with Gasteiger partial charge in [-0.25, -0.2) is 0 Å². The molecule has 0 atom stereocenters. The van der Waals surface area contributed by atoms with Crippen molar-refractivity contribution in [1.82, 2.24) is 4.57 Å². The second-order valence-electron chi connectivity index (χ2n) is 6.28. The van der Waals surface area contributed by atoms with Crippen LogP contribution in [0.4, 0.5) is 5.69 Å². The second kappa shape index (κ2) is 7.70. The van der Waals surface area contributed by atoms with E-state index in [1.54, 1.807) is 16.8 Å². The van der Waals surface area contributed by atoms with Crippen LogP contribution in [-0.4, -0.2) is 10.5 Å². The van der Waals surface area contributed by atoms with Crippen LogP contribution in [0.1, 0.15) is 27.0 Å². The first-order chi connectivity index (χ1) is 12.4. The van der Waals surface area contributed by atoms with Gasteiger partial charge in [0.25, 0.3) is 11.5 Å². The molecule has 0 spiro atoms. The number of nitrogens with one attached hydrogen (secondary N) is 1. The van der Waals surface area contributed by atoms with Gasteiger partial charge in [-0.1, -0.05) is 40.2 Å². The minimum atomic E-state index is -0.233. The number of nitrogens with zero attached hydrogens (tertiary/aromatic N) is 1. The third-order valence-corrected chi connectivity index (χ3v) is 4.68. The molecule has 2 aromatic carbocycles. The van der Waals surface area contributed by atoms with Gasteiger partial charge < -0.3 is 9.88 Å². The number of hydrogen-bond acceptors (Lipinski definition) is 2. The molecule has 0 saturated carbocycles. The molecule has 0 aliphatic carbocycles. The fourth-order valence-electron chi connectivity index (χ4n) is 2.64. The third kappa shape index (κ3) is 4.29. The van der Waals surface area contributed by atoms with E-state index in [2.05, 4.69) is 21.2 Å². The van der Waals surface area contributed by atoms with E-state index in [0.717, 1.165) is 26.9 Å². The number of anilines is 1. The first-order valence-electron chi connectivity index (χ1n) is 8.26. The predicted octanol–water partition coefficient (Wildman–Crippen LogP) is 4.53. The summed E-state index contributed by atoms with van der Waals surface area (Å²) in [6.45, 7) is 4.34. The van der Waals surface area contributed by atoms with Crippen LogP contribution in [0.5, 0.6) is 0 Å². The number of aryl methyl sites for hydroxylation is 2. The first-order valence-corrected chi connectivity index (χ1v) is 9.05. The van der Waals surface area contributed by atoms with Crippen LogP contribution < -0.4 is 10.9 Å². The Bertz CT molecular complexity index is 1010. The highest BCUT2D eigenvalue weighted by atomic mass is 79.9. The van der Waals surface area contributed by atoms with Crippen molar-refractivity contribution in [1.29, 1.82) is 0 Å². The van der Waals surface area contributed by atoms with Gasteiger partial charge in [-0.2, -0.15) is 0 Å². The number of carbonyl (C=O) groups excluding carboxylic acids is 1. The zero-order chi connectivity index (χ0) is 18.7. The Labute approximate surface area is 160 Å². The molecule has 26 heavy (non-hydrogen) atoms. The number of carbonyl (C=O) groups is 1. The smallest absolute Gasteiger partial charge is 0.257 e. The van der Waals surface area contributed by atoms with Crippen LogP contribution in [0.25, 0.3) is 0 Å². The van der Waals surface area contributed by atoms with Crippen LogP contribution in [0, 0.1) is 13.8 Å². The Balaban J connectivity index is 1.84. The van der Waals surface area contributed by atoms with E-state index < -0.39 is 0 Å². The monoisotopic (exact) mass is 410 g/mol. The number of pyridine rings is 1. The molecule has 0 bridgehead atoms. The van der Waals surface area contributed by atoms with Gasteiger partial charge in [0.1, 0.15) is 0 Å². The number of aromatic nitrogens is 1. The van der Waals surface area contributed by atoms with E-state index in [1.807, 2.05) is 56.3 Å². The molecule has 3 rings (SSSR count). The van der Waals surface area contributed by atoms with E-state index >= 15 is 0 Å². The lowest BCUT2D eigenvalue weighted by Crippen LogP contribution is -2.22. The van der Waals surface area contributed by atoms with Gasteiger partial charge in [0.15, 0.2) is 0 Å². The van der Waals surface area contributed by atoms with Crippen molar-refractivity contribution in [2.24, 2.45) is 0 Å². The molecule has 1 amide bonds. The maximum Gasteiger partial charge on any atom is 0.257 e. The topological polar surface area (TPSA) is 51.1 Å². The van der Waals surface area contributed by atoms with Gasteiger partial charge in [0.05, 0.1) is 12.1 Å². The molecule has 0 unspecified atom stereocenters. The van der Waals surface area contributed by atoms with Gasteiger partial charge in [0.2, 0.25) is 0 Å². The summed E-state index contributed by atoms with van der Waals surface area (Å²) in [5.74, 6) is -0.233. The average Bonchev–Trinajstić information content (AvgIpc) is 2.62. The summed E-state index contributed by atoms with van der Waals surface area (Å²) in [5.41, 5.74) is 4.14. The van der Waals surface area contributed by atoms with Crippen molar-refractivity contribution in [2.45, 2.75) is 20.4 Å². The fraction of sp³-hybridized carbons (Fsp3) is 0.143. The SMILES string of the molecule is Cc1ccc(C)c(NC(=O)c2ccc(=O)n(Cc3ccc(Br)cc3)c2)c1. The molecule has 3 aromatic rings. The van der Waals surface area contributed by atoms with Gasteiger partial charge in [-0.15, -0.1) is 0 Å². The standard InChI is InChI=1S/C21H19BrN2O2/c1-14-3-4-15(2)19(11-14)23-21(26)17-7-10-20(25)24(13-17)12-16-5-8-18(22)9-6-16/h3-11,13H,12H2,1-2H3,(H,23,26). The molecule has 4 nitrogen and oxygen atoms in total. The maximum absolute atomic E-state index is 12.6. The van der Waals surface area contributed by atoms with Crippen LogP contribution >= 0.6 is 15.9 Å². The fourth-order valence-corrected chi connectivity index (χ4v) is 2.91. The van der Waals surface area contributed by atoms with Crippen molar-refractivity contribution in [2.75, 3.05) is 5.32 Å². The minimum absolute atomic E-state index is 0.142. The molecular weight excluding hydrogens is 392 g/mol. The lowest BCUT2D eigenvalue weighted by Gasteiger charge is -2.11. The highest BCUT2D eigenvalue weighted by Gasteiger charge is 2.10. The quantitative estimate of drug-likeness (QED) is 0.686. The molecule has 0 fully saturated rings. The molecule has 0 aliphatic heterocycles. The Kier molecular flexibility index (Phi) is 5.38. The average molecular weight is 411 g/mol. The molecule has 0 radical (unpaired) electrons. The molecule has 1 heterocycles. The predicted molar refractivity (Wildman–Crippen MR) is 108 cm³/mol. The summed E-state index contributed by atoms with van der Waals surface area (Å²) in [4.78, 5) is 24.7. The Morgan fingerprint density at radius 3 is 2.50 bits per heavy atom. The molecule has 0 saturated heterocycles. The third-order valence-electron chi connectivity index (χ3n) is 4.15. The molecule has 1 aromatic heterocycles. The van der Waals surface area contributed by atoms with E-state index in [1.165, 1.54) is 6.07 Å². The van der Waals surface area contributed by atoms with Crippen molar-refractivity contribution in [3.63, 3.8) is 0 Å². The molecular formula is C21H19BrN2O2. The zero-order valence-corrected chi connectivity index (χ0v) is 16.2. The van der Waals surface area contributed by atoms with E-state index in [9.17, 15) is 9.59 Å². The molecule has 0 aliphatic rings. The van der Waals surface area contributed by atoms with E-state index in [-0.39, 0.29) is 11.5 Å². The number of hydrogen-bond donors (Lipinski definition) is 1. The summed E-state index contributed by atoms with van der Waals surface area (Å²) in [6, 6.07) is 16.6. The Hall–Kier alpha value is -2.66. The summed E-state index contributed by atoms with van der Waals surface area (Å²) >= 11 is 3.40. The normalized spacial score (nSPS) is 10.6. The zero-order valence-electron chi connectivity index (χ0n) is 14.6. The Morgan fingerprint density at radius 2 is 1.77 bits per heavy atom. The van der Waals surface area contributed by atoms with E-state index in [4.69, 9.17) is 0 Å². The highest BCUT2D eigenvalue weighted by molar-refractivity contribution is 9.10. The van der Waals surface area contributed by atoms with Crippen molar-refractivity contribution >= 4 is 27.5 Å². The Morgan fingerprint density at radius 1 is 1.04 bits per heavy atom. The summed E-state index contributed by atoms with van der Waals surface area (Å²) in [6.07, 6.45) is 1.60. The van der Waals surface area contributed by atoms with Crippen molar-refractivity contribution < 1.29 is 4.79 Å². The number of halogens is 1. The number of amides is 1. The van der Waals surface area contributed by atoms with Crippen LogP contribution in [-0.2, 0) is 6.54 Å². The van der Waals surface area contributed by atoms with Gasteiger partial charge in [-0.05, 0) is 54.8 Å². The van der Waals surface area contributed by atoms with Gasteiger partial charge >= 0.3 is 0 Å². The van der Waals surface area contributed by atoms with Gasteiger partial charge in [0, 0.05) is 22.4 Å². The largest absolute Gasteiger partial charge is 0.322 e. The van der Waals surface area contributed by atoms with Gasteiger partial charge in [-0.3, -0.25) is 9.59 Å².